The molecule has 0 saturated heterocycles. The third kappa shape index (κ3) is 2.61. The van der Waals surface area contributed by atoms with E-state index >= 15 is 0 Å². The number of nitrogens with one attached hydrogen (secondary N) is 1. The monoisotopic (exact) mass is 249 g/mol. The summed E-state index contributed by atoms with van der Waals surface area (Å²) < 4.78 is 10.7. The Morgan fingerprint density at radius 3 is 2.39 bits per heavy atom. The van der Waals surface area contributed by atoms with Gasteiger partial charge in [0.25, 0.3) is 0 Å². The summed E-state index contributed by atoms with van der Waals surface area (Å²) in [5, 5.41) is 3.69. The van der Waals surface area contributed by atoms with Crippen LogP contribution in [0.2, 0.25) is 0 Å². The smallest absolute Gasteiger partial charge is 0.231 e. The van der Waals surface area contributed by atoms with Crippen LogP contribution in [0.5, 0.6) is 11.5 Å². The molecule has 1 aliphatic heterocycles. The summed E-state index contributed by atoms with van der Waals surface area (Å²) in [6.07, 6.45) is 3.47. The average molecular weight is 249 g/mol. The lowest BCUT2D eigenvalue weighted by molar-refractivity contribution is 0.174. The van der Waals surface area contributed by atoms with Crippen molar-refractivity contribution in [1.29, 1.82) is 0 Å². The highest BCUT2D eigenvalue weighted by molar-refractivity contribution is 5.44. The van der Waals surface area contributed by atoms with E-state index in [1.807, 2.05) is 6.07 Å². The van der Waals surface area contributed by atoms with Crippen LogP contribution in [0.4, 0.5) is 0 Å². The largest absolute Gasteiger partial charge is 0.454 e. The third-order valence-electron chi connectivity index (χ3n) is 4.13. The Balaban J connectivity index is 2.01. The first-order chi connectivity index (χ1) is 8.73. The molecule has 3 heteroatoms. The van der Waals surface area contributed by atoms with Crippen LogP contribution in [-0.4, -0.2) is 12.3 Å². The molecular formula is C15H23NO2. The van der Waals surface area contributed by atoms with Crippen LogP contribution < -0.4 is 14.8 Å². The molecule has 1 aromatic rings. The zero-order valence-electron chi connectivity index (χ0n) is 11.6. The number of ether oxygens (including phenoxy) is 2. The molecule has 1 N–H and O–H groups in total. The molecule has 0 bridgehead atoms. The molecule has 2 rings (SSSR count). The summed E-state index contributed by atoms with van der Waals surface area (Å²) in [6.45, 7) is 7.97. The Hall–Kier alpha value is -1.22. The maximum atomic E-state index is 5.40. The molecule has 0 aliphatic carbocycles. The van der Waals surface area contributed by atoms with E-state index in [9.17, 15) is 0 Å². The van der Waals surface area contributed by atoms with Crippen LogP contribution in [0.25, 0.3) is 0 Å². The maximum absolute atomic E-state index is 5.40. The van der Waals surface area contributed by atoms with E-state index in [2.05, 4.69) is 38.2 Å². The van der Waals surface area contributed by atoms with Gasteiger partial charge >= 0.3 is 0 Å². The minimum atomic E-state index is 0.260. The topological polar surface area (TPSA) is 30.5 Å². The lowest BCUT2D eigenvalue weighted by Crippen LogP contribution is -2.43. The molecule has 0 amide bonds. The van der Waals surface area contributed by atoms with Gasteiger partial charge in [-0.2, -0.15) is 0 Å². The lowest BCUT2D eigenvalue weighted by atomic mass is 9.89. The molecule has 18 heavy (non-hydrogen) atoms. The highest BCUT2D eigenvalue weighted by atomic mass is 16.7. The zero-order chi connectivity index (χ0) is 13.0. The highest BCUT2D eigenvalue weighted by Gasteiger charge is 2.23. The predicted molar refractivity (Wildman–Crippen MR) is 73.0 cm³/mol. The third-order valence-corrected chi connectivity index (χ3v) is 4.13. The van der Waals surface area contributed by atoms with Gasteiger partial charge in [0.05, 0.1) is 0 Å². The van der Waals surface area contributed by atoms with Crippen LogP contribution in [0.3, 0.4) is 0 Å². The van der Waals surface area contributed by atoms with Crippen molar-refractivity contribution >= 4 is 0 Å². The van der Waals surface area contributed by atoms with Crippen molar-refractivity contribution in [2.24, 2.45) is 0 Å². The first-order valence-electron chi connectivity index (χ1n) is 6.86. The average Bonchev–Trinajstić information content (AvgIpc) is 2.88. The number of hydrogen-bond donors (Lipinski definition) is 1. The highest BCUT2D eigenvalue weighted by Crippen LogP contribution is 2.32. The lowest BCUT2D eigenvalue weighted by Gasteiger charge is -2.32. The minimum absolute atomic E-state index is 0.260. The standard InChI is InChI=1S/C15H23NO2/c1-4-15(5-2,6-3)16-10-12-7-8-13-14(9-12)18-11-17-13/h7-9,16H,4-6,10-11H2,1-3H3. The maximum Gasteiger partial charge on any atom is 0.231 e. The van der Waals surface area contributed by atoms with E-state index in [1.165, 1.54) is 5.56 Å². The summed E-state index contributed by atoms with van der Waals surface area (Å²) in [5.74, 6) is 1.72. The molecule has 0 radical (unpaired) electrons. The van der Waals surface area contributed by atoms with Gasteiger partial charge in [0, 0.05) is 12.1 Å². The second kappa shape index (κ2) is 5.61. The van der Waals surface area contributed by atoms with Crippen molar-refractivity contribution in [3.63, 3.8) is 0 Å². The number of rotatable bonds is 6. The molecule has 3 nitrogen and oxygen atoms in total. The molecule has 100 valence electrons. The van der Waals surface area contributed by atoms with E-state index in [0.29, 0.717) is 6.79 Å². The number of benzene rings is 1. The van der Waals surface area contributed by atoms with Crippen molar-refractivity contribution in [2.45, 2.75) is 52.1 Å². The van der Waals surface area contributed by atoms with Gasteiger partial charge in [0.1, 0.15) is 0 Å². The molecule has 0 fully saturated rings. The van der Waals surface area contributed by atoms with Gasteiger partial charge in [-0.25, -0.2) is 0 Å². The first kappa shape index (κ1) is 13.2. The Morgan fingerprint density at radius 1 is 1.06 bits per heavy atom. The fraction of sp³-hybridized carbons (Fsp3) is 0.600. The van der Waals surface area contributed by atoms with Crippen molar-refractivity contribution in [3.05, 3.63) is 23.8 Å². The molecule has 0 spiro atoms. The second-order valence-corrected chi connectivity index (χ2v) is 4.88. The quantitative estimate of drug-likeness (QED) is 0.837. The van der Waals surface area contributed by atoms with Crippen LogP contribution in [-0.2, 0) is 6.54 Å². The van der Waals surface area contributed by atoms with Crippen molar-refractivity contribution in [2.75, 3.05) is 6.79 Å². The van der Waals surface area contributed by atoms with Gasteiger partial charge in [-0.15, -0.1) is 0 Å². The zero-order valence-corrected chi connectivity index (χ0v) is 11.6. The SMILES string of the molecule is CCC(CC)(CC)NCc1ccc2c(c1)OCO2. The van der Waals surface area contributed by atoms with E-state index in [4.69, 9.17) is 9.47 Å². The van der Waals surface area contributed by atoms with Gasteiger partial charge in [-0.3, -0.25) is 0 Å². The van der Waals surface area contributed by atoms with Crippen LogP contribution in [0, 0.1) is 0 Å². The summed E-state index contributed by atoms with van der Waals surface area (Å²) in [4.78, 5) is 0. The second-order valence-electron chi connectivity index (χ2n) is 4.88. The van der Waals surface area contributed by atoms with Gasteiger partial charge in [-0.1, -0.05) is 26.8 Å². The Kier molecular flexibility index (Phi) is 4.12. The van der Waals surface area contributed by atoms with E-state index in [-0.39, 0.29) is 5.54 Å². The summed E-state index contributed by atoms with van der Waals surface area (Å²) >= 11 is 0. The Labute approximate surface area is 109 Å². The van der Waals surface area contributed by atoms with Crippen molar-refractivity contribution in [1.82, 2.24) is 5.32 Å². The fourth-order valence-corrected chi connectivity index (χ4v) is 2.47. The van der Waals surface area contributed by atoms with Crippen molar-refractivity contribution in [3.8, 4) is 11.5 Å². The molecule has 0 aromatic heterocycles. The molecule has 0 saturated carbocycles. The van der Waals surface area contributed by atoms with Crippen LogP contribution >= 0.6 is 0 Å². The van der Waals surface area contributed by atoms with Gasteiger partial charge in [0.2, 0.25) is 6.79 Å². The van der Waals surface area contributed by atoms with E-state index in [1.54, 1.807) is 0 Å². The normalized spacial score (nSPS) is 13.9. The predicted octanol–water partition coefficient (Wildman–Crippen LogP) is 3.47. The fourth-order valence-electron chi connectivity index (χ4n) is 2.47. The van der Waals surface area contributed by atoms with Crippen LogP contribution in [0.1, 0.15) is 45.6 Å². The van der Waals surface area contributed by atoms with Crippen LogP contribution in [0.15, 0.2) is 18.2 Å². The molecule has 0 atom stereocenters. The Morgan fingerprint density at radius 2 is 1.72 bits per heavy atom. The number of fused-ring (bicyclic) bond motifs is 1. The molecular weight excluding hydrogens is 226 g/mol. The van der Waals surface area contributed by atoms with E-state index in [0.717, 1.165) is 37.3 Å². The molecule has 1 aliphatic rings. The minimum Gasteiger partial charge on any atom is -0.454 e. The summed E-state index contributed by atoms with van der Waals surface area (Å²) in [6, 6.07) is 6.16. The van der Waals surface area contributed by atoms with Gasteiger partial charge in [-0.05, 0) is 37.0 Å². The summed E-state index contributed by atoms with van der Waals surface area (Å²) in [7, 11) is 0. The molecule has 1 heterocycles. The van der Waals surface area contributed by atoms with Crippen molar-refractivity contribution < 1.29 is 9.47 Å². The molecule has 0 unspecified atom stereocenters. The molecule has 1 aromatic carbocycles. The number of hydrogen-bond acceptors (Lipinski definition) is 3. The van der Waals surface area contributed by atoms with Gasteiger partial charge in [0.15, 0.2) is 11.5 Å². The van der Waals surface area contributed by atoms with E-state index < -0.39 is 0 Å². The first-order valence-corrected chi connectivity index (χ1v) is 6.86. The Bertz CT molecular complexity index is 391. The summed E-state index contributed by atoms with van der Waals surface area (Å²) in [5.41, 5.74) is 1.51. The van der Waals surface area contributed by atoms with Gasteiger partial charge < -0.3 is 14.8 Å².